The molecule has 0 heterocycles. The molecule has 0 aliphatic carbocycles. The lowest BCUT2D eigenvalue weighted by molar-refractivity contribution is 0.102. The van der Waals surface area contributed by atoms with Crippen LogP contribution in [0.1, 0.15) is 44.5 Å². The summed E-state index contributed by atoms with van der Waals surface area (Å²) in [5.41, 5.74) is 1.32. The molecule has 2 aromatic rings. The van der Waals surface area contributed by atoms with Crippen LogP contribution in [-0.2, 0) is 0 Å². The van der Waals surface area contributed by atoms with Crippen LogP contribution in [0.15, 0.2) is 48.5 Å². The molecule has 0 spiro atoms. The van der Waals surface area contributed by atoms with Crippen molar-refractivity contribution in [3.8, 4) is 11.5 Å². The van der Waals surface area contributed by atoms with E-state index in [1.807, 2.05) is 57.2 Å². The smallest absolute Gasteiger partial charge is 0.255 e. The highest BCUT2D eigenvalue weighted by Crippen LogP contribution is 2.19. The average molecular weight is 327 g/mol. The van der Waals surface area contributed by atoms with Crippen molar-refractivity contribution >= 4 is 11.6 Å². The molecule has 4 heteroatoms. The fourth-order valence-corrected chi connectivity index (χ4v) is 2.09. The topological polar surface area (TPSA) is 47.6 Å². The van der Waals surface area contributed by atoms with E-state index in [2.05, 4.69) is 12.2 Å². The van der Waals surface area contributed by atoms with Crippen molar-refractivity contribution in [2.24, 2.45) is 0 Å². The second-order valence-corrected chi connectivity index (χ2v) is 6.01. The molecular formula is C20H25NO3. The van der Waals surface area contributed by atoms with Crippen LogP contribution in [0.5, 0.6) is 11.5 Å². The van der Waals surface area contributed by atoms with Gasteiger partial charge in [-0.15, -0.1) is 0 Å². The van der Waals surface area contributed by atoms with Gasteiger partial charge in [-0.3, -0.25) is 4.79 Å². The maximum atomic E-state index is 12.3. The van der Waals surface area contributed by atoms with Crippen molar-refractivity contribution in [2.75, 3.05) is 5.32 Å². The molecule has 0 saturated heterocycles. The van der Waals surface area contributed by atoms with E-state index in [4.69, 9.17) is 9.47 Å². The van der Waals surface area contributed by atoms with Crippen LogP contribution < -0.4 is 14.8 Å². The highest BCUT2D eigenvalue weighted by molar-refractivity contribution is 6.04. The number of carbonyl (C=O) groups excluding carboxylic acids is 1. The molecule has 2 rings (SSSR count). The molecule has 1 N–H and O–H groups in total. The Morgan fingerprint density at radius 3 is 2.00 bits per heavy atom. The molecule has 1 amide bonds. The van der Waals surface area contributed by atoms with E-state index in [-0.39, 0.29) is 18.1 Å². The zero-order valence-corrected chi connectivity index (χ0v) is 14.7. The van der Waals surface area contributed by atoms with Gasteiger partial charge in [-0.05, 0) is 75.7 Å². The predicted molar refractivity (Wildman–Crippen MR) is 97.0 cm³/mol. The van der Waals surface area contributed by atoms with Crippen LogP contribution in [0, 0.1) is 0 Å². The molecule has 0 aliphatic heterocycles. The maximum absolute atomic E-state index is 12.3. The number of nitrogens with one attached hydrogen (secondary N) is 1. The van der Waals surface area contributed by atoms with Crippen LogP contribution in [0.3, 0.4) is 0 Å². The Kier molecular flexibility index (Phi) is 6.24. The molecule has 128 valence electrons. The summed E-state index contributed by atoms with van der Waals surface area (Å²) in [6.07, 6.45) is 1.23. The summed E-state index contributed by atoms with van der Waals surface area (Å²) in [6.45, 7) is 8.05. The van der Waals surface area contributed by atoms with Crippen molar-refractivity contribution in [3.63, 3.8) is 0 Å². The van der Waals surface area contributed by atoms with E-state index in [0.29, 0.717) is 5.56 Å². The molecular weight excluding hydrogens is 302 g/mol. The fourth-order valence-electron chi connectivity index (χ4n) is 2.09. The Balaban J connectivity index is 1.96. The van der Waals surface area contributed by atoms with Crippen LogP contribution in [-0.4, -0.2) is 18.1 Å². The quantitative estimate of drug-likeness (QED) is 0.786. The SMILES string of the molecule is CCC(C)Oc1ccc(C(=O)Nc2ccc(OC(C)C)cc2)cc1. The monoisotopic (exact) mass is 327 g/mol. The van der Waals surface area contributed by atoms with Gasteiger partial charge in [0.05, 0.1) is 12.2 Å². The molecule has 0 bridgehead atoms. The molecule has 0 aromatic heterocycles. The third-order valence-corrected chi connectivity index (χ3v) is 3.51. The van der Waals surface area contributed by atoms with Crippen LogP contribution in [0.2, 0.25) is 0 Å². The lowest BCUT2D eigenvalue weighted by atomic mass is 10.2. The van der Waals surface area contributed by atoms with Gasteiger partial charge in [-0.2, -0.15) is 0 Å². The van der Waals surface area contributed by atoms with E-state index in [1.54, 1.807) is 12.1 Å². The minimum absolute atomic E-state index is 0.126. The minimum Gasteiger partial charge on any atom is -0.491 e. The summed E-state index contributed by atoms with van der Waals surface area (Å²) < 4.78 is 11.3. The molecule has 0 saturated carbocycles. The number of rotatable bonds is 7. The largest absolute Gasteiger partial charge is 0.491 e. The van der Waals surface area contributed by atoms with E-state index in [0.717, 1.165) is 23.6 Å². The van der Waals surface area contributed by atoms with Crippen LogP contribution in [0.4, 0.5) is 5.69 Å². The van der Waals surface area contributed by atoms with Crippen molar-refractivity contribution in [2.45, 2.75) is 46.3 Å². The first kappa shape index (κ1) is 17.9. The lowest BCUT2D eigenvalue weighted by Gasteiger charge is -2.13. The molecule has 0 aliphatic rings. The number of hydrogen-bond acceptors (Lipinski definition) is 3. The molecule has 24 heavy (non-hydrogen) atoms. The Hall–Kier alpha value is -2.49. The average Bonchev–Trinajstić information content (AvgIpc) is 2.56. The van der Waals surface area contributed by atoms with Crippen molar-refractivity contribution in [1.82, 2.24) is 0 Å². The number of anilines is 1. The van der Waals surface area contributed by atoms with E-state index < -0.39 is 0 Å². The zero-order valence-electron chi connectivity index (χ0n) is 14.7. The summed E-state index contributed by atoms with van der Waals surface area (Å²) in [6, 6.07) is 14.5. The van der Waals surface area contributed by atoms with E-state index >= 15 is 0 Å². The first-order valence-corrected chi connectivity index (χ1v) is 8.32. The Morgan fingerprint density at radius 2 is 1.46 bits per heavy atom. The third kappa shape index (κ3) is 5.30. The first-order chi connectivity index (χ1) is 11.5. The van der Waals surface area contributed by atoms with Gasteiger partial charge >= 0.3 is 0 Å². The highest BCUT2D eigenvalue weighted by atomic mass is 16.5. The van der Waals surface area contributed by atoms with Gasteiger partial charge in [-0.25, -0.2) is 0 Å². The third-order valence-electron chi connectivity index (χ3n) is 3.51. The Morgan fingerprint density at radius 1 is 0.917 bits per heavy atom. The Bertz CT molecular complexity index is 648. The first-order valence-electron chi connectivity index (χ1n) is 8.32. The summed E-state index contributed by atoms with van der Waals surface area (Å²) >= 11 is 0. The summed E-state index contributed by atoms with van der Waals surface area (Å²) in [4.78, 5) is 12.3. The molecule has 1 atom stereocenters. The molecule has 1 unspecified atom stereocenters. The van der Waals surface area contributed by atoms with Gasteiger partial charge in [0.2, 0.25) is 0 Å². The fraction of sp³-hybridized carbons (Fsp3) is 0.350. The van der Waals surface area contributed by atoms with Crippen LogP contribution in [0.25, 0.3) is 0 Å². The number of amides is 1. The maximum Gasteiger partial charge on any atom is 0.255 e. The van der Waals surface area contributed by atoms with Gasteiger partial charge in [0, 0.05) is 11.3 Å². The molecule has 2 aromatic carbocycles. The zero-order chi connectivity index (χ0) is 17.5. The highest BCUT2D eigenvalue weighted by Gasteiger charge is 2.08. The molecule has 0 radical (unpaired) electrons. The van der Waals surface area contributed by atoms with Gasteiger partial charge in [0.25, 0.3) is 5.91 Å². The predicted octanol–water partition coefficient (Wildman–Crippen LogP) is 4.90. The standard InChI is InChI=1S/C20H25NO3/c1-5-15(4)24-19-10-6-16(7-11-19)20(22)21-17-8-12-18(13-9-17)23-14(2)3/h6-15H,5H2,1-4H3,(H,21,22). The molecule has 4 nitrogen and oxygen atoms in total. The number of benzene rings is 2. The van der Waals surface area contributed by atoms with Crippen molar-refractivity contribution in [3.05, 3.63) is 54.1 Å². The van der Waals surface area contributed by atoms with E-state index in [1.165, 1.54) is 0 Å². The minimum atomic E-state index is -0.150. The van der Waals surface area contributed by atoms with Gasteiger partial charge in [0.1, 0.15) is 11.5 Å². The molecule has 0 fully saturated rings. The van der Waals surface area contributed by atoms with Crippen molar-refractivity contribution in [1.29, 1.82) is 0 Å². The van der Waals surface area contributed by atoms with Crippen LogP contribution >= 0.6 is 0 Å². The second-order valence-electron chi connectivity index (χ2n) is 6.01. The van der Waals surface area contributed by atoms with Gasteiger partial charge < -0.3 is 14.8 Å². The second kappa shape index (κ2) is 8.39. The summed E-state index contributed by atoms with van der Waals surface area (Å²) in [5.74, 6) is 1.41. The Labute approximate surface area is 143 Å². The number of ether oxygens (including phenoxy) is 2. The van der Waals surface area contributed by atoms with Gasteiger partial charge in [-0.1, -0.05) is 6.92 Å². The number of carbonyl (C=O) groups is 1. The van der Waals surface area contributed by atoms with Crippen molar-refractivity contribution < 1.29 is 14.3 Å². The lowest BCUT2D eigenvalue weighted by Crippen LogP contribution is -2.13. The normalized spacial score (nSPS) is 11.9. The summed E-state index contributed by atoms with van der Waals surface area (Å²) in [5, 5.41) is 2.87. The summed E-state index contributed by atoms with van der Waals surface area (Å²) in [7, 11) is 0. The van der Waals surface area contributed by atoms with E-state index in [9.17, 15) is 4.79 Å². The number of hydrogen-bond donors (Lipinski definition) is 1. The van der Waals surface area contributed by atoms with Gasteiger partial charge in [0.15, 0.2) is 0 Å².